The summed E-state index contributed by atoms with van der Waals surface area (Å²) in [6.45, 7) is 1.73. The Morgan fingerprint density at radius 2 is 1.88 bits per heavy atom. The molecule has 6 heteroatoms. The van der Waals surface area contributed by atoms with Gasteiger partial charge in [0.2, 0.25) is 0 Å². The van der Waals surface area contributed by atoms with E-state index in [4.69, 9.17) is 0 Å². The minimum Gasteiger partial charge on any atom is -0.434 e. The Morgan fingerprint density at radius 1 is 1.24 bits per heavy atom. The second-order valence-electron chi connectivity index (χ2n) is 2.88. The number of hydrogen-bond acceptors (Lipinski definition) is 5. The van der Waals surface area contributed by atoms with Crippen molar-refractivity contribution < 1.29 is 19.1 Å². The molecule has 94 valence electrons. The molecule has 0 heterocycles. The van der Waals surface area contributed by atoms with Gasteiger partial charge in [0.05, 0.1) is 6.61 Å². The lowest BCUT2D eigenvalue weighted by Gasteiger charge is -2.05. The Kier molecular flexibility index (Phi) is 7.54. The molecule has 1 N–H and O–H groups in total. The van der Waals surface area contributed by atoms with Crippen LogP contribution in [0.2, 0.25) is 0 Å². The van der Waals surface area contributed by atoms with E-state index in [9.17, 15) is 9.59 Å². The zero-order valence-electron chi connectivity index (χ0n) is 9.34. The molecule has 1 rings (SSSR count). The molecule has 0 aliphatic carbocycles. The summed E-state index contributed by atoms with van der Waals surface area (Å²) in [5.41, 5.74) is 0.781. The van der Waals surface area contributed by atoms with Crippen LogP contribution < -0.4 is 5.32 Å². The zero-order valence-corrected chi connectivity index (χ0v) is 10.2. The standard InChI is InChI=1S/C11H13NO4.ClH/c1-2-15-11(14)16-10(13)8-12-9-6-4-3-5-7-9;/h3-7,12H,2,8H2,1H3;1H. The van der Waals surface area contributed by atoms with Gasteiger partial charge >= 0.3 is 12.1 Å². The van der Waals surface area contributed by atoms with Crippen LogP contribution in [0.5, 0.6) is 0 Å². The van der Waals surface area contributed by atoms with Gasteiger partial charge in [0.15, 0.2) is 0 Å². The number of carbonyl (C=O) groups excluding carboxylic acids is 2. The fourth-order valence-corrected chi connectivity index (χ4v) is 1.01. The number of anilines is 1. The van der Waals surface area contributed by atoms with Crippen LogP contribution in [0, 0.1) is 0 Å². The van der Waals surface area contributed by atoms with Crippen molar-refractivity contribution in [2.24, 2.45) is 0 Å². The molecule has 0 saturated heterocycles. The van der Waals surface area contributed by atoms with Crippen LogP contribution in [0.4, 0.5) is 10.5 Å². The van der Waals surface area contributed by atoms with Crippen molar-refractivity contribution in [1.29, 1.82) is 0 Å². The lowest BCUT2D eigenvalue weighted by atomic mass is 10.3. The van der Waals surface area contributed by atoms with E-state index >= 15 is 0 Å². The van der Waals surface area contributed by atoms with E-state index in [0.29, 0.717) is 0 Å². The highest BCUT2D eigenvalue weighted by atomic mass is 35.5. The molecule has 5 nitrogen and oxygen atoms in total. The van der Waals surface area contributed by atoms with Crippen molar-refractivity contribution in [3.8, 4) is 0 Å². The first-order chi connectivity index (χ1) is 7.72. The predicted octanol–water partition coefficient (Wildman–Crippen LogP) is 2.22. The van der Waals surface area contributed by atoms with Gasteiger partial charge in [-0.25, -0.2) is 9.59 Å². The number of para-hydroxylation sites is 1. The molecular formula is C11H14ClNO4. The highest BCUT2D eigenvalue weighted by Crippen LogP contribution is 2.03. The van der Waals surface area contributed by atoms with Crippen molar-refractivity contribution in [2.75, 3.05) is 18.5 Å². The van der Waals surface area contributed by atoms with Gasteiger partial charge in [-0.3, -0.25) is 0 Å². The summed E-state index contributed by atoms with van der Waals surface area (Å²) in [6, 6.07) is 9.13. The topological polar surface area (TPSA) is 64.6 Å². The second kappa shape index (κ2) is 8.41. The highest BCUT2D eigenvalue weighted by Gasteiger charge is 2.10. The fraction of sp³-hybridized carbons (Fsp3) is 0.273. The molecule has 0 amide bonds. The SMILES string of the molecule is CCOC(=O)OC(=O)CNc1ccccc1.Cl. The molecule has 0 radical (unpaired) electrons. The number of benzene rings is 1. The van der Waals surface area contributed by atoms with Gasteiger partial charge in [0, 0.05) is 5.69 Å². The minimum atomic E-state index is -0.970. The van der Waals surface area contributed by atoms with E-state index in [0.717, 1.165) is 5.69 Å². The lowest BCUT2D eigenvalue weighted by molar-refractivity contribution is -0.137. The van der Waals surface area contributed by atoms with Crippen molar-refractivity contribution in [3.63, 3.8) is 0 Å². The van der Waals surface area contributed by atoms with Crippen LogP contribution in [0.3, 0.4) is 0 Å². The van der Waals surface area contributed by atoms with Crippen LogP contribution in [0.15, 0.2) is 30.3 Å². The molecule has 0 spiro atoms. The maximum Gasteiger partial charge on any atom is 0.516 e. The number of hydrogen-bond donors (Lipinski definition) is 1. The smallest absolute Gasteiger partial charge is 0.434 e. The van der Waals surface area contributed by atoms with E-state index in [1.807, 2.05) is 18.2 Å². The monoisotopic (exact) mass is 259 g/mol. The largest absolute Gasteiger partial charge is 0.516 e. The van der Waals surface area contributed by atoms with E-state index < -0.39 is 12.1 Å². The van der Waals surface area contributed by atoms with Crippen LogP contribution >= 0.6 is 12.4 Å². The first kappa shape index (κ1) is 15.2. The third-order valence-corrected chi connectivity index (χ3v) is 1.67. The Hall–Kier alpha value is -1.75. The molecule has 1 aromatic rings. The Labute approximate surface area is 106 Å². The molecule has 17 heavy (non-hydrogen) atoms. The third kappa shape index (κ3) is 6.42. The quantitative estimate of drug-likeness (QED) is 0.663. The van der Waals surface area contributed by atoms with Gasteiger partial charge in [-0.1, -0.05) is 18.2 Å². The summed E-state index contributed by atoms with van der Waals surface area (Å²) in [5, 5.41) is 2.81. The van der Waals surface area contributed by atoms with Gasteiger partial charge in [-0.05, 0) is 19.1 Å². The average Bonchev–Trinajstić information content (AvgIpc) is 2.28. The number of nitrogens with one attached hydrogen (secondary N) is 1. The van der Waals surface area contributed by atoms with E-state index in [2.05, 4.69) is 14.8 Å². The van der Waals surface area contributed by atoms with Gasteiger partial charge in [-0.15, -0.1) is 12.4 Å². The van der Waals surface area contributed by atoms with E-state index in [-0.39, 0.29) is 25.6 Å². The summed E-state index contributed by atoms with van der Waals surface area (Å²) in [6.07, 6.45) is -0.970. The van der Waals surface area contributed by atoms with Crippen molar-refractivity contribution in [3.05, 3.63) is 30.3 Å². The maximum absolute atomic E-state index is 11.1. The summed E-state index contributed by atoms with van der Waals surface area (Å²) >= 11 is 0. The summed E-state index contributed by atoms with van der Waals surface area (Å²) in [7, 11) is 0. The van der Waals surface area contributed by atoms with Crippen LogP contribution in [-0.4, -0.2) is 25.3 Å². The predicted molar refractivity (Wildman–Crippen MR) is 65.3 cm³/mol. The highest BCUT2D eigenvalue weighted by molar-refractivity contribution is 5.85. The molecule has 0 bridgehead atoms. The number of halogens is 1. The number of esters is 1. The minimum absolute atomic E-state index is 0. The van der Waals surface area contributed by atoms with E-state index in [1.54, 1.807) is 19.1 Å². The average molecular weight is 260 g/mol. The third-order valence-electron chi connectivity index (χ3n) is 1.67. The van der Waals surface area contributed by atoms with Gasteiger partial charge in [0.1, 0.15) is 6.54 Å². The van der Waals surface area contributed by atoms with E-state index in [1.165, 1.54) is 0 Å². The Balaban J connectivity index is 0.00000256. The van der Waals surface area contributed by atoms with Gasteiger partial charge in [0.25, 0.3) is 0 Å². The Bertz CT molecular complexity index is 356. The molecule has 0 aliphatic rings. The maximum atomic E-state index is 11.1. The number of ether oxygens (including phenoxy) is 2. The normalized spacial score (nSPS) is 8.76. The van der Waals surface area contributed by atoms with Crippen LogP contribution in [0.25, 0.3) is 0 Å². The first-order valence-electron chi connectivity index (χ1n) is 4.88. The summed E-state index contributed by atoms with van der Waals surface area (Å²) < 4.78 is 8.80. The fourth-order valence-electron chi connectivity index (χ4n) is 1.01. The molecule has 0 atom stereocenters. The molecule has 0 aromatic heterocycles. The van der Waals surface area contributed by atoms with Gasteiger partial charge in [-0.2, -0.15) is 0 Å². The van der Waals surface area contributed by atoms with Crippen molar-refractivity contribution in [1.82, 2.24) is 0 Å². The molecular weight excluding hydrogens is 246 g/mol. The number of carbonyl (C=O) groups is 2. The summed E-state index contributed by atoms with van der Waals surface area (Å²) in [4.78, 5) is 21.9. The number of rotatable bonds is 4. The molecule has 0 fully saturated rings. The van der Waals surface area contributed by atoms with Crippen LogP contribution in [-0.2, 0) is 14.3 Å². The molecule has 0 unspecified atom stereocenters. The Morgan fingerprint density at radius 3 is 2.47 bits per heavy atom. The molecule has 1 aromatic carbocycles. The molecule has 0 saturated carbocycles. The second-order valence-corrected chi connectivity index (χ2v) is 2.88. The molecule has 0 aliphatic heterocycles. The lowest BCUT2D eigenvalue weighted by Crippen LogP contribution is -2.21. The van der Waals surface area contributed by atoms with Crippen molar-refractivity contribution >= 4 is 30.2 Å². The van der Waals surface area contributed by atoms with Crippen molar-refractivity contribution in [2.45, 2.75) is 6.92 Å². The first-order valence-corrected chi connectivity index (χ1v) is 4.88. The van der Waals surface area contributed by atoms with Gasteiger partial charge < -0.3 is 14.8 Å². The summed E-state index contributed by atoms with van der Waals surface area (Å²) in [5.74, 6) is -0.678. The zero-order chi connectivity index (χ0) is 11.8. The van der Waals surface area contributed by atoms with Crippen LogP contribution in [0.1, 0.15) is 6.92 Å².